The first-order chi connectivity index (χ1) is 7.30. The summed E-state index contributed by atoms with van der Waals surface area (Å²) in [4.78, 5) is 0. The van der Waals surface area contributed by atoms with E-state index in [0.29, 0.717) is 6.54 Å². The Hall–Kier alpha value is -1.37. The lowest BCUT2D eigenvalue weighted by molar-refractivity contribution is 0.281. The Morgan fingerprint density at radius 1 is 1.47 bits per heavy atom. The summed E-state index contributed by atoms with van der Waals surface area (Å²) in [5, 5.41) is 20.9. The summed E-state index contributed by atoms with van der Waals surface area (Å²) in [6.07, 6.45) is 0.802. The molecule has 0 heterocycles. The van der Waals surface area contributed by atoms with Crippen molar-refractivity contribution < 1.29 is 5.11 Å². The molecule has 0 saturated carbocycles. The number of hydrogen-bond donors (Lipinski definition) is 2. The molecule has 1 aromatic rings. The highest BCUT2D eigenvalue weighted by molar-refractivity contribution is 5.22. The number of aliphatic hydroxyl groups excluding tert-OH is 1. The van der Waals surface area contributed by atoms with Crippen LogP contribution in [0, 0.1) is 11.3 Å². The van der Waals surface area contributed by atoms with Gasteiger partial charge < -0.3 is 5.11 Å². The minimum Gasteiger partial charge on any atom is -0.392 e. The van der Waals surface area contributed by atoms with E-state index < -0.39 is 0 Å². The Morgan fingerprint density at radius 3 is 2.80 bits per heavy atom. The molecule has 1 aromatic carbocycles. The maximum atomic E-state index is 8.96. The Labute approximate surface area is 90.4 Å². The van der Waals surface area contributed by atoms with Crippen molar-refractivity contribution in [2.45, 2.75) is 32.5 Å². The van der Waals surface area contributed by atoms with Gasteiger partial charge in [0, 0.05) is 6.54 Å². The molecular formula is C12H16N2O. The number of nitrogens with one attached hydrogen (secondary N) is 1. The molecular weight excluding hydrogens is 188 g/mol. The first-order valence-electron chi connectivity index (χ1n) is 5.11. The molecule has 0 bridgehead atoms. The molecule has 0 aliphatic rings. The Balaban J connectivity index is 2.54. The van der Waals surface area contributed by atoms with Crippen molar-refractivity contribution in [3.63, 3.8) is 0 Å². The van der Waals surface area contributed by atoms with Crippen molar-refractivity contribution in [1.29, 1.82) is 5.26 Å². The van der Waals surface area contributed by atoms with Gasteiger partial charge in [-0.1, -0.05) is 31.2 Å². The van der Waals surface area contributed by atoms with E-state index in [0.717, 1.165) is 17.5 Å². The fraction of sp³-hybridized carbons (Fsp3) is 0.417. The predicted octanol–water partition coefficient (Wildman–Crippen LogP) is 1.57. The summed E-state index contributed by atoms with van der Waals surface area (Å²) in [5.41, 5.74) is 1.99. The normalized spacial score (nSPS) is 12.1. The van der Waals surface area contributed by atoms with Crippen LogP contribution in [0.4, 0.5) is 0 Å². The molecule has 1 unspecified atom stereocenters. The van der Waals surface area contributed by atoms with Crippen LogP contribution in [-0.2, 0) is 13.2 Å². The molecule has 80 valence electrons. The zero-order valence-electron chi connectivity index (χ0n) is 8.90. The molecule has 1 rings (SSSR count). The maximum Gasteiger partial charge on any atom is 0.0952 e. The fourth-order valence-corrected chi connectivity index (χ4v) is 1.36. The molecule has 2 N–H and O–H groups in total. The number of hydrogen-bond acceptors (Lipinski definition) is 3. The lowest BCUT2D eigenvalue weighted by Crippen LogP contribution is -2.26. The van der Waals surface area contributed by atoms with E-state index in [1.807, 2.05) is 31.2 Å². The van der Waals surface area contributed by atoms with Gasteiger partial charge in [0.05, 0.1) is 18.7 Å². The molecule has 0 fully saturated rings. The predicted molar refractivity (Wildman–Crippen MR) is 58.9 cm³/mol. The summed E-state index contributed by atoms with van der Waals surface area (Å²) in [6, 6.07) is 9.81. The minimum atomic E-state index is -0.0946. The molecule has 0 aromatic heterocycles. The van der Waals surface area contributed by atoms with Gasteiger partial charge in [0.25, 0.3) is 0 Å². The van der Waals surface area contributed by atoms with Gasteiger partial charge >= 0.3 is 0 Å². The summed E-state index contributed by atoms with van der Waals surface area (Å²) in [7, 11) is 0. The van der Waals surface area contributed by atoms with E-state index in [1.54, 1.807) is 0 Å². The second-order valence-corrected chi connectivity index (χ2v) is 3.45. The summed E-state index contributed by atoms with van der Waals surface area (Å²) in [5.74, 6) is 0. The van der Waals surface area contributed by atoms with Crippen LogP contribution in [0.2, 0.25) is 0 Å². The van der Waals surface area contributed by atoms with Crippen molar-refractivity contribution in [1.82, 2.24) is 5.32 Å². The third-order valence-electron chi connectivity index (χ3n) is 2.29. The lowest BCUT2D eigenvalue weighted by Gasteiger charge is -2.09. The average molecular weight is 204 g/mol. The molecule has 0 spiro atoms. The van der Waals surface area contributed by atoms with E-state index >= 15 is 0 Å². The third-order valence-corrected chi connectivity index (χ3v) is 2.29. The van der Waals surface area contributed by atoms with Gasteiger partial charge in [-0.3, -0.25) is 5.32 Å². The average Bonchev–Trinajstić information content (AvgIpc) is 2.31. The van der Waals surface area contributed by atoms with Crippen molar-refractivity contribution >= 4 is 0 Å². The number of nitrogens with zero attached hydrogens (tertiary/aromatic N) is 1. The quantitative estimate of drug-likeness (QED) is 0.765. The highest BCUT2D eigenvalue weighted by Crippen LogP contribution is 2.05. The smallest absolute Gasteiger partial charge is 0.0952 e. The number of aliphatic hydroxyl groups is 1. The Kier molecular flexibility index (Phi) is 4.82. The first kappa shape index (κ1) is 11.7. The van der Waals surface area contributed by atoms with Crippen LogP contribution in [0.1, 0.15) is 24.5 Å². The monoisotopic (exact) mass is 204 g/mol. The molecule has 3 nitrogen and oxygen atoms in total. The molecule has 1 atom stereocenters. The van der Waals surface area contributed by atoms with Gasteiger partial charge in [-0.25, -0.2) is 0 Å². The van der Waals surface area contributed by atoms with E-state index in [2.05, 4.69) is 11.4 Å². The molecule has 0 amide bonds. The van der Waals surface area contributed by atoms with Gasteiger partial charge in [0.1, 0.15) is 0 Å². The summed E-state index contributed by atoms with van der Waals surface area (Å²) in [6.45, 7) is 2.70. The fourth-order valence-electron chi connectivity index (χ4n) is 1.36. The van der Waals surface area contributed by atoms with Gasteiger partial charge in [0.2, 0.25) is 0 Å². The van der Waals surface area contributed by atoms with Crippen molar-refractivity contribution in [3.8, 4) is 6.07 Å². The number of rotatable bonds is 5. The molecule has 0 saturated heterocycles. The molecule has 0 aliphatic heterocycles. The second kappa shape index (κ2) is 6.18. The Morgan fingerprint density at radius 2 is 2.20 bits per heavy atom. The van der Waals surface area contributed by atoms with Crippen molar-refractivity contribution in [3.05, 3.63) is 35.4 Å². The highest BCUT2D eigenvalue weighted by atomic mass is 16.3. The zero-order chi connectivity index (χ0) is 11.1. The van der Waals surface area contributed by atoms with E-state index in [4.69, 9.17) is 10.4 Å². The molecule has 3 heteroatoms. The van der Waals surface area contributed by atoms with E-state index in [-0.39, 0.29) is 12.6 Å². The van der Waals surface area contributed by atoms with E-state index in [9.17, 15) is 0 Å². The zero-order valence-corrected chi connectivity index (χ0v) is 8.90. The van der Waals surface area contributed by atoms with Gasteiger partial charge in [0.15, 0.2) is 0 Å². The lowest BCUT2D eigenvalue weighted by atomic mass is 10.1. The van der Waals surface area contributed by atoms with Gasteiger partial charge in [-0.2, -0.15) is 5.26 Å². The Bertz CT molecular complexity index is 344. The van der Waals surface area contributed by atoms with Crippen LogP contribution < -0.4 is 5.32 Å². The highest BCUT2D eigenvalue weighted by Gasteiger charge is 2.02. The maximum absolute atomic E-state index is 8.96. The number of benzene rings is 1. The standard InChI is InChI=1S/C12H16N2O/c1-2-12(7-13)14-8-10-4-3-5-11(6-10)9-15/h3-6,12,14-15H,2,8-9H2,1H3. The van der Waals surface area contributed by atoms with Gasteiger partial charge in [-0.15, -0.1) is 0 Å². The van der Waals surface area contributed by atoms with Crippen molar-refractivity contribution in [2.24, 2.45) is 0 Å². The van der Waals surface area contributed by atoms with Crippen LogP contribution in [0.15, 0.2) is 24.3 Å². The number of nitriles is 1. The largest absolute Gasteiger partial charge is 0.392 e. The first-order valence-corrected chi connectivity index (χ1v) is 5.11. The molecule has 0 aliphatic carbocycles. The topological polar surface area (TPSA) is 56.0 Å². The molecule has 0 radical (unpaired) electrons. The minimum absolute atomic E-state index is 0.0588. The third kappa shape index (κ3) is 3.70. The van der Waals surface area contributed by atoms with Crippen LogP contribution in [0.5, 0.6) is 0 Å². The van der Waals surface area contributed by atoms with Gasteiger partial charge in [-0.05, 0) is 17.5 Å². The second-order valence-electron chi connectivity index (χ2n) is 3.45. The molecule has 15 heavy (non-hydrogen) atoms. The summed E-state index contributed by atoms with van der Waals surface area (Å²) < 4.78 is 0. The summed E-state index contributed by atoms with van der Waals surface area (Å²) >= 11 is 0. The van der Waals surface area contributed by atoms with Crippen LogP contribution in [0.3, 0.4) is 0 Å². The van der Waals surface area contributed by atoms with Crippen LogP contribution in [0.25, 0.3) is 0 Å². The van der Waals surface area contributed by atoms with Crippen LogP contribution >= 0.6 is 0 Å². The van der Waals surface area contributed by atoms with Crippen molar-refractivity contribution in [2.75, 3.05) is 0 Å². The SMILES string of the molecule is CCC(C#N)NCc1cccc(CO)c1. The van der Waals surface area contributed by atoms with Crippen LogP contribution in [-0.4, -0.2) is 11.1 Å². The van der Waals surface area contributed by atoms with E-state index in [1.165, 1.54) is 0 Å².